The minimum Gasteiger partial charge on any atom is -0.353 e. The molecule has 1 aliphatic rings. The van der Waals surface area contributed by atoms with Gasteiger partial charge in [0.2, 0.25) is 5.91 Å². The lowest BCUT2D eigenvalue weighted by molar-refractivity contribution is -0.124. The van der Waals surface area contributed by atoms with E-state index in [1.165, 1.54) is 11.1 Å². The minimum atomic E-state index is -0.231. The lowest BCUT2D eigenvalue weighted by Gasteiger charge is -2.23. The van der Waals surface area contributed by atoms with Gasteiger partial charge in [0, 0.05) is 42.8 Å². The summed E-state index contributed by atoms with van der Waals surface area (Å²) in [7, 11) is 2.02. The van der Waals surface area contributed by atoms with E-state index < -0.39 is 0 Å². The van der Waals surface area contributed by atoms with E-state index in [9.17, 15) is 4.79 Å². The molecule has 18 heavy (non-hydrogen) atoms. The molecule has 1 aromatic carbocycles. The van der Waals surface area contributed by atoms with E-state index in [1.807, 2.05) is 13.2 Å². The maximum atomic E-state index is 11.9. The summed E-state index contributed by atoms with van der Waals surface area (Å²) in [5.41, 5.74) is 3.46. The molecule has 0 aliphatic carbocycles. The number of aromatic nitrogens is 1. The van der Waals surface area contributed by atoms with Crippen LogP contribution in [0, 0.1) is 6.92 Å². The van der Waals surface area contributed by atoms with Gasteiger partial charge in [-0.05, 0) is 18.6 Å². The number of hydrogen-bond acceptors (Lipinski definition) is 2. The number of benzene rings is 1. The summed E-state index contributed by atoms with van der Waals surface area (Å²) in [6.07, 6.45) is 2.05. The topological polar surface area (TPSA) is 46.1 Å². The zero-order valence-corrected chi connectivity index (χ0v) is 10.7. The Morgan fingerprint density at radius 3 is 2.94 bits per heavy atom. The Labute approximate surface area is 106 Å². The van der Waals surface area contributed by atoms with Gasteiger partial charge in [0.05, 0.1) is 0 Å². The molecule has 1 atom stereocenters. The Kier molecular flexibility index (Phi) is 2.59. The van der Waals surface area contributed by atoms with Crippen LogP contribution < -0.4 is 10.6 Å². The molecule has 0 radical (unpaired) electrons. The van der Waals surface area contributed by atoms with Gasteiger partial charge in [-0.25, -0.2) is 0 Å². The number of carbonyl (C=O) groups excluding carboxylic acids is 1. The molecule has 4 heteroatoms. The summed E-state index contributed by atoms with van der Waals surface area (Å²) in [5.74, 6) is 0.0642. The Hall–Kier alpha value is -1.81. The lowest BCUT2D eigenvalue weighted by Crippen LogP contribution is -2.47. The zero-order valence-electron chi connectivity index (χ0n) is 10.7. The van der Waals surface area contributed by atoms with E-state index in [2.05, 4.69) is 40.3 Å². The third-order valence-electron chi connectivity index (χ3n) is 3.52. The van der Waals surface area contributed by atoms with E-state index in [-0.39, 0.29) is 11.9 Å². The van der Waals surface area contributed by atoms with Crippen molar-refractivity contribution in [3.63, 3.8) is 0 Å². The Bertz CT molecular complexity index is 615. The van der Waals surface area contributed by atoms with Crippen molar-refractivity contribution < 1.29 is 4.79 Å². The number of aryl methyl sites for hydroxylation is 2. The van der Waals surface area contributed by atoms with Gasteiger partial charge in [-0.3, -0.25) is 4.79 Å². The highest BCUT2D eigenvalue weighted by atomic mass is 16.2. The molecule has 0 spiro atoms. The fourth-order valence-electron chi connectivity index (χ4n) is 2.60. The Morgan fingerprint density at radius 2 is 2.17 bits per heavy atom. The van der Waals surface area contributed by atoms with Gasteiger partial charge in [0.25, 0.3) is 0 Å². The molecule has 2 heterocycles. The molecular formula is C14H17N3O. The van der Waals surface area contributed by atoms with Crippen LogP contribution in [0.15, 0.2) is 24.4 Å². The summed E-state index contributed by atoms with van der Waals surface area (Å²) in [4.78, 5) is 11.9. The van der Waals surface area contributed by atoms with E-state index in [0.717, 1.165) is 17.5 Å². The number of rotatable bonds is 1. The smallest absolute Gasteiger partial charge is 0.241 e. The summed E-state index contributed by atoms with van der Waals surface area (Å²) in [6.45, 7) is 3.61. The van der Waals surface area contributed by atoms with Crippen LogP contribution in [0.25, 0.3) is 10.9 Å². The molecule has 94 valence electrons. The highest BCUT2D eigenvalue weighted by molar-refractivity contribution is 5.92. The molecule has 0 saturated carbocycles. The molecule has 2 N–H and O–H groups in total. The molecule has 3 rings (SSSR count). The molecule has 1 saturated heterocycles. The number of hydrogen-bond donors (Lipinski definition) is 2. The van der Waals surface area contributed by atoms with Crippen molar-refractivity contribution in [2.45, 2.75) is 13.0 Å². The molecule has 1 amide bonds. The van der Waals surface area contributed by atoms with E-state index in [1.54, 1.807) is 0 Å². The first-order valence-corrected chi connectivity index (χ1v) is 6.23. The van der Waals surface area contributed by atoms with Crippen LogP contribution in [-0.4, -0.2) is 23.6 Å². The number of fused-ring (bicyclic) bond motifs is 1. The quantitative estimate of drug-likeness (QED) is 0.791. The highest BCUT2D eigenvalue weighted by Gasteiger charge is 2.26. The fraction of sp³-hybridized carbons (Fsp3) is 0.357. The van der Waals surface area contributed by atoms with Gasteiger partial charge in [-0.2, -0.15) is 0 Å². The van der Waals surface area contributed by atoms with Gasteiger partial charge >= 0.3 is 0 Å². The summed E-state index contributed by atoms with van der Waals surface area (Å²) < 4.78 is 2.08. The first kappa shape index (κ1) is 11.3. The van der Waals surface area contributed by atoms with Crippen LogP contribution in [-0.2, 0) is 11.8 Å². The van der Waals surface area contributed by atoms with E-state index in [0.29, 0.717) is 6.54 Å². The molecule has 2 aromatic rings. The van der Waals surface area contributed by atoms with Crippen LogP contribution in [0.4, 0.5) is 0 Å². The first-order chi connectivity index (χ1) is 8.66. The molecule has 1 unspecified atom stereocenters. The standard InChI is InChI=1S/C14H17N3O/c1-9-3-4-10-11(8-17(2)12(10)7-9)13-14(18)16-6-5-15-13/h3-4,7-8,13,15H,5-6H2,1-2H3,(H,16,18). The van der Waals surface area contributed by atoms with Crippen molar-refractivity contribution in [2.75, 3.05) is 13.1 Å². The second-order valence-corrected chi connectivity index (χ2v) is 4.89. The third-order valence-corrected chi connectivity index (χ3v) is 3.52. The molecule has 1 aliphatic heterocycles. The Balaban J connectivity index is 2.14. The van der Waals surface area contributed by atoms with Gasteiger partial charge in [0.15, 0.2) is 0 Å². The predicted octanol–water partition coefficient (Wildman–Crippen LogP) is 1.25. The van der Waals surface area contributed by atoms with E-state index in [4.69, 9.17) is 0 Å². The lowest BCUT2D eigenvalue weighted by atomic mass is 10.0. The molecular weight excluding hydrogens is 226 g/mol. The van der Waals surface area contributed by atoms with Gasteiger partial charge in [-0.15, -0.1) is 0 Å². The third kappa shape index (κ3) is 1.69. The van der Waals surface area contributed by atoms with E-state index >= 15 is 0 Å². The first-order valence-electron chi connectivity index (χ1n) is 6.23. The molecule has 1 aromatic heterocycles. The normalized spacial score (nSPS) is 20.1. The number of nitrogens with zero attached hydrogens (tertiary/aromatic N) is 1. The maximum absolute atomic E-state index is 11.9. The number of carbonyl (C=O) groups is 1. The van der Waals surface area contributed by atoms with Crippen molar-refractivity contribution in [2.24, 2.45) is 7.05 Å². The monoisotopic (exact) mass is 243 g/mol. The summed E-state index contributed by atoms with van der Waals surface area (Å²) >= 11 is 0. The average molecular weight is 243 g/mol. The van der Waals surface area contributed by atoms with Crippen molar-refractivity contribution >= 4 is 16.8 Å². The van der Waals surface area contributed by atoms with Crippen LogP contribution in [0.3, 0.4) is 0 Å². The van der Waals surface area contributed by atoms with Crippen LogP contribution in [0.1, 0.15) is 17.2 Å². The van der Waals surface area contributed by atoms with Crippen LogP contribution >= 0.6 is 0 Å². The highest BCUT2D eigenvalue weighted by Crippen LogP contribution is 2.27. The predicted molar refractivity (Wildman–Crippen MR) is 71.4 cm³/mol. The second-order valence-electron chi connectivity index (χ2n) is 4.89. The average Bonchev–Trinajstić information content (AvgIpc) is 2.67. The largest absolute Gasteiger partial charge is 0.353 e. The molecule has 0 bridgehead atoms. The second kappa shape index (κ2) is 4.14. The number of nitrogens with one attached hydrogen (secondary N) is 2. The van der Waals surface area contributed by atoms with Crippen molar-refractivity contribution in [3.8, 4) is 0 Å². The number of piperazine rings is 1. The maximum Gasteiger partial charge on any atom is 0.241 e. The van der Waals surface area contributed by atoms with Crippen LogP contribution in [0.5, 0.6) is 0 Å². The van der Waals surface area contributed by atoms with Crippen LogP contribution in [0.2, 0.25) is 0 Å². The van der Waals surface area contributed by atoms with Crippen molar-refractivity contribution in [3.05, 3.63) is 35.5 Å². The molecule has 1 fully saturated rings. The Morgan fingerprint density at radius 1 is 1.33 bits per heavy atom. The minimum absolute atomic E-state index is 0.0642. The van der Waals surface area contributed by atoms with Gasteiger partial charge in [-0.1, -0.05) is 12.1 Å². The zero-order chi connectivity index (χ0) is 12.7. The molecule has 4 nitrogen and oxygen atoms in total. The summed E-state index contributed by atoms with van der Waals surface area (Å²) in [6, 6.07) is 6.11. The summed E-state index contributed by atoms with van der Waals surface area (Å²) in [5, 5.41) is 7.34. The SMILES string of the molecule is Cc1ccc2c(C3NCCNC3=O)cn(C)c2c1. The van der Waals surface area contributed by atoms with Crippen molar-refractivity contribution in [1.29, 1.82) is 0 Å². The fourth-order valence-corrected chi connectivity index (χ4v) is 2.60. The van der Waals surface area contributed by atoms with Gasteiger partial charge in [0.1, 0.15) is 6.04 Å². The van der Waals surface area contributed by atoms with Gasteiger partial charge < -0.3 is 15.2 Å². The number of amides is 1. The van der Waals surface area contributed by atoms with Crippen molar-refractivity contribution in [1.82, 2.24) is 15.2 Å².